The van der Waals surface area contributed by atoms with Crippen molar-refractivity contribution in [3.8, 4) is 0 Å². The van der Waals surface area contributed by atoms with E-state index in [1.807, 2.05) is 21.1 Å². The Balaban J connectivity index is 4.28. The van der Waals surface area contributed by atoms with Crippen LogP contribution in [0.1, 0.15) is 174 Å². The second kappa shape index (κ2) is 41.7. The number of hydrogen-bond donors (Lipinski definition) is 0. The average molecular weight is 834 g/mol. The third-order valence-corrected chi connectivity index (χ3v) is 10.5. The van der Waals surface area contributed by atoms with Gasteiger partial charge in [0.05, 0.1) is 34.4 Å². The molecule has 336 valence electrons. The van der Waals surface area contributed by atoms with Crippen molar-refractivity contribution >= 4 is 13.8 Å². The predicted octanol–water partition coefficient (Wildman–Crippen LogP) is 13.3. The fourth-order valence-electron chi connectivity index (χ4n) is 5.92. The van der Waals surface area contributed by atoms with E-state index in [9.17, 15) is 14.3 Å². The van der Waals surface area contributed by atoms with Crippen molar-refractivity contribution < 1.29 is 37.3 Å². The molecule has 0 heterocycles. The fraction of sp³-hybridized carbons (Fsp3) is 0.735. The Morgan fingerprint density at radius 2 is 1.00 bits per heavy atom. The van der Waals surface area contributed by atoms with Gasteiger partial charge in [0.1, 0.15) is 19.3 Å². The maximum absolute atomic E-state index is 12.7. The zero-order valence-corrected chi connectivity index (χ0v) is 38.9. The van der Waals surface area contributed by atoms with Crippen molar-refractivity contribution in [1.29, 1.82) is 0 Å². The number of phosphoric ester groups is 1. The highest BCUT2D eigenvalue weighted by Gasteiger charge is 2.20. The summed E-state index contributed by atoms with van der Waals surface area (Å²) in [6.45, 7) is 5.21. The van der Waals surface area contributed by atoms with Crippen molar-refractivity contribution in [3.63, 3.8) is 0 Å². The molecule has 0 radical (unpaired) electrons. The Labute approximate surface area is 357 Å². The molecular formula is C49H88NO7P. The maximum atomic E-state index is 12.7. The molecule has 0 saturated heterocycles. The number of hydrogen-bond acceptors (Lipinski definition) is 7. The minimum Gasteiger partial charge on any atom is -0.756 e. The topological polar surface area (TPSA) is 94.1 Å². The predicted molar refractivity (Wildman–Crippen MR) is 245 cm³/mol. The van der Waals surface area contributed by atoms with Crippen molar-refractivity contribution in [2.24, 2.45) is 0 Å². The molecule has 0 spiro atoms. The summed E-state index contributed by atoms with van der Waals surface area (Å²) in [6, 6.07) is 0. The molecule has 9 heteroatoms. The van der Waals surface area contributed by atoms with Crippen LogP contribution in [-0.2, 0) is 27.9 Å². The van der Waals surface area contributed by atoms with Gasteiger partial charge in [0.2, 0.25) is 0 Å². The summed E-state index contributed by atoms with van der Waals surface area (Å²) in [5, 5.41) is 0. The summed E-state index contributed by atoms with van der Waals surface area (Å²) in [5.41, 5.74) is 0. The number of rotatable bonds is 42. The van der Waals surface area contributed by atoms with Crippen LogP contribution in [-0.4, -0.2) is 70.7 Å². The van der Waals surface area contributed by atoms with Gasteiger partial charge in [-0.05, 0) is 83.5 Å². The number of esters is 1. The van der Waals surface area contributed by atoms with Crippen molar-refractivity contribution in [2.45, 2.75) is 180 Å². The molecule has 0 saturated carbocycles. The molecule has 0 amide bonds. The largest absolute Gasteiger partial charge is 0.756 e. The molecule has 0 aromatic carbocycles. The van der Waals surface area contributed by atoms with Crippen LogP contribution in [0.25, 0.3) is 0 Å². The standard InChI is InChI=1S/C49H88NO7P/c1-6-8-10-12-14-16-18-20-22-24-26-28-30-32-34-36-38-40-42-49(51)57-48(47-56-58(52,53)55-45-43-50(3,4)5)46-54-44-41-39-37-35-33-31-29-27-25-23-21-19-17-15-13-11-9-7-2/h9,11,15-18,21-24,27,29,48H,6-8,10,12-14,19-20,25-26,28,30-47H2,1-5H3/b11-9-,17-15-,18-16-,23-21-,24-22-,29-27-. The van der Waals surface area contributed by atoms with E-state index in [2.05, 4.69) is 86.8 Å². The Kier molecular flexibility index (Phi) is 40.2. The van der Waals surface area contributed by atoms with E-state index in [0.29, 0.717) is 24.1 Å². The number of unbranched alkanes of at least 4 members (excludes halogenated alkanes) is 16. The van der Waals surface area contributed by atoms with Gasteiger partial charge in [-0.25, -0.2) is 0 Å². The van der Waals surface area contributed by atoms with E-state index in [0.717, 1.165) is 83.5 Å². The quantitative estimate of drug-likeness (QED) is 0.0199. The monoisotopic (exact) mass is 834 g/mol. The summed E-state index contributed by atoms with van der Waals surface area (Å²) >= 11 is 0. The van der Waals surface area contributed by atoms with Crippen molar-refractivity contribution in [1.82, 2.24) is 0 Å². The molecule has 0 fully saturated rings. The van der Waals surface area contributed by atoms with E-state index in [1.54, 1.807) is 0 Å². The van der Waals surface area contributed by atoms with Crippen molar-refractivity contribution in [2.75, 3.05) is 54.1 Å². The molecular weight excluding hydrogens is 746 g/mol. The maximum Gasteiger partial charge on any atom is 0.306 e. The highest BCUT2D eigenvalue weighted by molar-refractivity contribution is 7.45. The summed E-state index contributed by atoms with van der Waals surface area (Å²) in [6.07, 6.45) is 53.4. The molecule has 0 bridgehead atoms. The van der Waals surface area contributed by atoms with Gasteiger partial charge in [-0.3, -0.25) is 9.36 Å². The summed E-state index contributed by atoms with van der Waals surface area (Å²) < 4.78 is 34.6. The molecule has 2 unspecified atom stereocenters. The minimum absolute atomic E-state index is 0.0168. The summed E-state index contributed by atoms with van der Waals surface area (Å²) in [7, 11) is 1.33. The van der Waals surface area contributed by atoms with Gasteiger partial charge in [-0.15, -0.1) is 0 Å². The molecule has 0 aliphatic heterocycles. The van der Waals surface area contributed by atoms with E-state index in [-0.39, 0.29) is 25.8 Å². The number of nitrogens with zero attached hydrogens (tertiary/aromatic N) is 1. The van der Waals surface area contributed by atoms with Crippen LogP contribution < -0.4 is 4.89 Å². The molecule has 0 aliphatic carbocycles. The number of quaternary nitrogens is 1. The van der Waals surface area contributed by atoms with Gasteiger partial charge in [-0.2, -0.15) is 0 Å². The van der Waals surface area contributed by atoms with Crippen LogP contribution in [0.3, 0.4) is 0 Å². The normalized spacial score (nSPS) is 14.4. The second-order valence-corrected chi connectivity index (χ2v) is 17.8. The lowest BCUT2D eigenvalue weighted by Gasteiger charge is -2.28. The number of allylic oxidation sites excluding steroid dienone is 12. The number of carbonyl (C=O) groups excluding carboxylic acids is 1. The average Bonchev–Trinajstić information content (AvgIpc) is 3.18. The molecule has 8 nitrogen and oxygen atoms in total. The molecule has 0 rings (SSSR count). The first-order valence-corrected chi connectivity index (χ1v) is 24.6. The smallest absolute Gasteiger partial charge is 0.306 e. The first-order chi connectivity index (χ1) is 28.1. The Hall–Kier alpha value is -2.06. The van der Waals surface area contributed by atoms with Crippen LogP contribution in [0.15, 0.2) is 72.9 Å². The SMILES string of the molecule is CC/C=C\C/C=C\C/C=C\C/C=C\CCCCCCCOCC(COP(=O)([O-])OCC[N+](C)(C)C)OC(=O)CCCCCCCCC/C=C\C/C=C\CCCCCC. The molecule has 2 atom stereocenters. The number of likely N-dealkylation sites (N-methyl/N-ethyl adjacent to an activating group) is 1. The first-order valence-electron chi connectivity index (χ1n) is 23.2. The fourth-order valence-corrected chi connectivity index (χ4v) is 6.65. The summed E-state index contributed by atoms with van der Waals surface area (Å²) in [5.74, 6) is -0.352. The minimum atomic E-state index is -4.54. The number of phosphoric acid groups is 1. The van der Waals surface area contributed by atoms with Gasteiger partial charge in [0, 0.05) is 13.0 Å². The van der Waals surface area contributed by atoms with Crippen LogP contribution >= 0.6 is 7.82 Å². The highest BCUT2D eigenvalue weighted by Crippen LogP contribution is 2.38. The molecule has 0 aromatic heterocycles. The third-order valence-electron chi connectivity index (χ3n) is 9.49. The highest BCUT2D eigenvalue weighted by atomic mass is 31.2. The molecule has 0 N–H and O–H groups in total. The third kappa shape index (κ3) is 45.0. The summed E-state index contributed by atoms with van der Waals surface area (Å²) in [4.78, 5) is 25.1. The first kappa shape index (κ1) is 55.9. The van der Waals surface area contributed by atoms with Crippen LogP contribution in [0.5, 0.6) is 0 Å². The van der Waals surface area contributed by atoms with Gasteiger partial charge in [0.25, 0.3) is 7.82 Å². The van der Waals surface area contributed by atoms with Crippen LogP contribution in [0, 0.1) is 0 Å². The van der Waals surface area contributed by atoms with Crippen LogP contribution in [0.2, 0.25) is 0 Å². The lowest BCUT2D eigenvalue weighted by molar-refractivity contribution is -0.870. The second-order valence-electron chi connectivity index (χ2n) is 16.4. The Morgan fingerprint density at radius 1 is 0.552 bits per heavy atom. The zero-order chi connectivity index (χ0) is 42.7. The number of ether oxygens (including phenoxy) is 2. The van der Waals surface area contributed by atoms with E-state index in [1.165, 1.54) is 70.6 Å². The molecule has 58 heavy (non-hydrogen) atoms. The van der Waals surface area contributed by atoms with Crippen LogP contribution in [0.4, 0.5) is 0 Å². The van der Waals surface area contributed by atoms with E-state index < -0.39 is 13.9 Å². The van der Waals surface area contributed by atoms with E-state index in [4.69, 9.17) is 18.5 Å². The van der Waals surface area contributed by atoms with Gasteiger partial charge >= 0.3 is 5.97 Å². The van der Waals surface area contributed by atoms with Gasteiger partial charge in [0.15, 0.2) is 0 Å². The van der Waals surface area contributed by atoms with E-state index >= 15 is 0 Å². The lowest BCUT2D eigenvalue weighted by atomic mass is 10.1. The van der Waals surface area contributed by atoms with Gasteiger partial charge in [-0.1, -0.05) is 157 Å². The Bertz CT molecular complexity index is 1150. The van der Waals surface area contributed by atoms with Crippen molar-refractivity contribution in [3.05, 3.63) is 72.9 Å². The Morgan fingerprint density at radius 3 is 1.50 bits per heavy atom. The van der Waals surface area contributed by atoms with Gasteiger partial charge < -0.3 is 27.9 Å². The zero-order valence-electron chi connectivity index (χ0n) is 38.0. The number of carbonyl (C=O) groups is 1. The lowest BCUT2D eigenvalue weighted by Crippen LogP contribution is -2.37. The molecule has 0 aromatic rings. The molecule has 0 aliphatic rings.